The Balaban J connectivity index is 2.12. The minimum Gasteiger partial charge on any atom is -0.320 e. The van der Waals surface area contributed by atoms with E-state index in [0.717, 1.165) is 30.6 Å². The molecule has 1 aliphatic heterocycles. The zero-order chi connectivity index (χ0) is 13.9. The summed E-state index contributed by atoms with van der Waals surface area (Å²) in [6.07, 6.45) is 2.40. The number of nitrogens with zero attached hydrogens (tertiary/aromatic N) is 1. The van der Waals surface area contributed by atoms with Gasteiger partial charge in [0.25, 0.3) is 0 Å². The van der Waals surface area contributed by atoms with Crippen molar-refractivity contribution in [2.45, 2.75) is 32.2 Å². The van der Waals surface area contributed by atoms with Crippen LogP contribution < -0.4 is 9.62 Å². The second kappa shape index (κ2) is 5.92. The first-order valence-corrected chi connectivity index (χ1v) is 8.42. The first-order valence-electron chi connectivity index (χ1n) is 6.81. The number of benzene rings is 1. The van der Waals surface area contributed by atoms with E-state index in [2.05, 4.69) is 5.32 Å². The van der Waals surface area contributed by atoms with Gasteiger partial charge in [-0.2, -0.15) is 0 Å². The number of hydrogen-bond acceptors (Lipinski definition) is 3. The normalized spacial score (nSPS) is 18.6. The molecule has 0 fully saturated rings. The molecule has 0 radical (unpaired) electrons. The fraction of sp³-hybridized carbons (Fsp3) is 0.571. The van der Waals surface area contributed by atoms with E-state index < -0.39 is 10.0 Å². The van der Waals surface area contributed by atoms with Crippen molar-refractivity contribution in [2.24, 2.45) is 0 Å². The third-order valence-corrected chi connectivity index (χ3v) is 5.48. The lowest BCUT2D eigenvalue weighted by molar-refractivity contribution is 0.578. The van der Waals surface area contributed by atoms with Crippen LogP contribution in [-0.2, 0) is 16.4 Å². The molecule has 0 aromatic heterocycles. The van der Waals surface area contributed by atoms with Crippen LogP contribution in [-0.4, -0.2) is 33.8 Å². The van der Waals surface area contributed by atoms with Crippen molar-refractivity contribution in [1.29, 1.82) is 0 Å². The maximum Gasteiger partial charge on any atom is 0.235 e. The van der Waals surface area contributed by atoms with Crippen LogP contribution in [0.4, 0.5) is 5.69 Å². The molecule has 4 nitrogen and oxygen atoms in total. The number of sulfonamides is 1. The van der Waals surface area contributed by atoms with Crippen LogP contribution in [0.25, 0.3) is 0 Å². The lowest BCUT2D eigenvalue weighted by Gasteiger charge is -2.24. The summed E-state index contributed by atoms with van der Waals surface area (Å²) in [6, 6.07) is 7.83. The molecule has 1 aliphatic rings. The molecule has 19 heavy (non-hydrogen) atoms. The lowest BCUT2D eigenvalue weighted by atomic mass is 10.1. The molecule has 0 saturated heterocycles. The van der Waals surface area contributed by atoms with Gasteiger partial charge in [-0.1, -0.05) is 18.2 Å². The highest BCUT2D eigenvalue weighted by atomic mass is 32.2. The summed E-state index contributed by atoms with van der Waals surface area (Å²) in [4.78, 5) is 0. The molecule has 5 heteroatoms. The fourth-order valence-corrected chi connectivity index (χ4v) is 4.51. The molecule has 0 bridgehead atoms. The molecule has 0 spiro atoms. The molecule has 0 amide bonds. The fourth-order valence-electron chi connectivity index (χ4n) is 2.65. The molecular weight excluding hydrogens is 260 g/mol. The van der Waals surface area contributed by atoms with Crippen molar-refractivity contribution < 1.29 is 8.42 Å². The van der Waals surface area contributed by atoms with E-state index >= 15 is 0 Å². The minimum atomic E-state index is -3.20. The number of fused-ring (bicyclic) bond motifs is 1. The highest BCUT2D eigenvalue weighted by Gasteiger charge is 2.34. The highest BCUT2D eigenvalue weighted by molar-refractivity contribution is 7.92. The summed E-state index contributed by atoms with van der Waals surface area (Å²) < 4.78 is 26.6. The first-order chi connectivity index (χ1) is 9.06. The molecule has 1 atom stereocenters. The predicted octanol–water partition coefficient (Wildman–Crippen LogP) is 1.77. The summed E-state index contributed by atoms with van der Waals surface area (Å²) in [5, 5.41) is 3.04. The monoisotopic (exact) mass is 282 g/mol. The summed E-state index contributed by atoms with van der Waals surface area (Å²) in [5.74, 6) is 0.230. The van der Waals surface area contributed by atoms with Gasteiger partial charge in [0.05, 0.1) is 11.4 Å². The van der Waals surface area contributed by atoms with Crippen molar-refractivity contribution in [3.63, 3.8) is 0 Å². The minimum absolute atomic E-state index is 0.0340. The Bertz CT molecular complexity index is 528. The van der Waals surface area contributed by atoms with E-state index in [1.54, 1.807) is 4.31 Å². The number of rotatable bonds is 6. The average Bonchev–Trinajstić information content (AvgIpc) is 2.71. The largest absolute Gasteiger partial charge is 0.320 e. The second-order valence-electron chi connectivity index (χ2n) is 5.10. The quantitative estimate of drug-likeness (QED) is 0.809. The molecule has 2 rings (SSSR count). The summed E-state index contributed by atoms with van der Waals surface area (Å²) in [7, 11) is -1.32. The van der Waals surface area contributed by atoms with Gasteiger partial charge in [0.15, 0.2) is 0 Å². The first kappa shape index (κ1) is 14.3. The summed E-state index contributed by atoms with van der Waals surface area (Å²) in [6.45, 7) is 2.84. The molecule has 0 saturated carbocycles. The van der Waals surface area contributed by atoms with Crippen LogP contribution in [0.1, 0.15) is 25.3 Å². The Morgan fingerprint density at radius 2 is 2.05 bits per heavy atom. The zero-order valence-electron chi connectivity index (χ0n) is 11.6. The van der Waals surface area contributed by atoms with Crippen molar-refractivity contribution in [3.05, 3.63) is 29.8 Å². The third-order valence-electron chi connectivity index (χ3n) is 3.52. The van der Waals surface area contributed by atoms with E-state index in [1.165, 1.54) is 0 Å². The van der Waals surface area contributed by atoms with E-state index in [0.29, 0.717) is 6.42 Å². The molecule has 1 N–H and O–H groups in total. The van der Waals surface area contributed by atoms with Crippen molar-refractivity contribution in [1.82, 2.24) is 5.32 Å². The van der Waals surface area contributed by atoms with E-state index in [4.69, 9.17) is 0 Å². The maximum atomic E-state index is 12.5. The predicted molar refractivity (Wildman–Crippen MR) is 79.0 cm³/mol. The van der Waals surface area contributed by atoms with Crippen LogP contribution in [0, 0.1) is 0 Å². The van der Waals surface area contributed by atoms with Gasteiger partial charge in [0, 0.05) is 6.04 Å². The van der Waals surface area contributed by atoms with E-state index in [1.807, 2.05) is 38.2 Å². The molecule has 1 aromatic rings. The molecule has 0 aliphatic carbocycles. The summed E-state index contributed by atoms with van der Waals surface area (Å²) >= 11 is 0. The second-order valence-corrected chi connectivity index (χ2v) is 7.07. The maximum absolute atomic E-state index is 12.5. The van der Waals surface area contributed by atoms with Crippen molar-refractivity contribution in [2.75, 3.05) is 23.7 Å². The topological polar surface area (TPSA) is 49.4 Å². The average molecular weight is 282 g/mol. The Hall–Kier alpha value is -1.07. The van der Waals surface area contributed by atoms with Gasteiger partial charge < -0.3 is 5.32 Å². The molecule has 1 heterocycles. The van der Waals surface area contributed by atoms with Gasteiger partial charge in [0.2, 0.25) is 10.0 Å². The van der Waals surface area contributed by atoms with Crippen LogP contribution in [0.5, 0.6) is 0 Å². The standard InChI is InChI=1S/C14H22N2O2S/c1-12-11-13-7-3-4-8-14(13)16(12)19(17,18)10-6-5-9-15-2/h3-4,7-8,12,15H,5-6,9-11H2,1-2H3. The molecule has 1 unspecified atom stereocenters. The lowest BCUT2D eigenvalue weighted by Crippen LogP contribution is -2.37. The SMILES string of the molecule is CNCCCCS(=O)(=O)N1c2ccccc2CC1C. The summed E-state index contributed by atoms with van der Waals surface area (Å²) in [5.41, 5.74) is 2.00. The van der Waals surface area contributed by atoms with Crippen LogP contribution in [0.3, 0.4) is 0 Å². The smallest absolute Gasteiger partial charge is 0.235 e. The van der Waals surface area contributed by atoms with Gasteiger partial charge in [0.1, 0.15) is 0 Å². The van der Waals surface area contributed by atoms with Gasteiger partial charge in [-0.15, -0.1) is 0 Å². The Kier molecular flexibility index (Phi) is 4.47. The molecule has 106 valence electrons. The highest BCUT2D eigenvalue weighted by Crippen LogP contribution is 2.34. The number of anilines is 1. The van der Waals surface area contributed by atoms with Gasteiger partial charge >= 0.3 is 0 Å². The van der Waals surface area contributed by atoms with Gasteiger partial charge in [-0.3, -0.25) is 4.31 Å². The third kappa shape index (κ3) is 3.09. The number of para-hydroxylation sites is 1. The number of nitrogens with one attached hydrogen (secondary N) is 1. The van der Waals surface area contributed by atoms with Crippen LogP contribution in [0.2, 0.25) is 0 Å². The number of unbranched alkanes of at least 4 members (excludes halogenated alkanes) is 1. The zero-order valence-corrected chi connectivity index (χ0v) is 12.4. The van der Waals surface area contributed by atoms with Crippen LogP contribution in [0.15, 0.2) is 24.3 Å². The van der Waals surface area contributed by atoms with Crippen molar-refractivity contribution >= 4 is 15.7 Å². The molecule has 1 aromatic carbocycles. The van der Waals surface area contributed by atoms with E-state index in [-0.39, 0.29) is 11.8 Å². The number of hydrogen-bond donors (Lipinski definition) is 1. The Labute approximate surface area is 115 Å². The van der Waals surface area contributed by atoms with Gasteiger partial charge in [-0.05, 0) is 51.4 Å². The van der Waals surface area contributed by atoms with Crippen molar-refractivity contribution in [3.8, 4) is 0 Å². The Morgan fingerprint density at radius 3 is 2.79 bits per heavy atom. The van der Waals surface area contributed by atoms with E-state index in [9.17, 15) is 8.42 Å². The van der Waals surface area contributed by atoms with Crippen LogP contribution >= 0.6 is 0 Å². The molecular formula is C14H22N2O2S. The van der Waals surface area contributed by atoms with Gasteiger partial charge in [-0.25, -0.2) is 8.42 Å². The Morgan fingerprint density at radius 1 is 1.32 bits per heavy atom.